The molecule has 10 heteroatoms. The van der Waals surface area contributed by atoms with Crippen LogP contribution in [0.4, 0.5) is 4.79 Å². The summed E-state index contributed by atoms with van der Waals surface area (Å²) in [5, 5.41) is 10.9. The van der Waals surface area contributed by atoms with E-state index in [2.05, 4.69) is 0 Å². The lowest BCUT2D eigenvalue weighted by atomic mass is 10.1. The van der Waals surface area contributed by atoms with Crippen LogP contribution in [0.15, 0.2) is 17.7 Å². The molecule has 25 heavy (non-hydrogen) atoms. The number of primary amides is 1. The highest BCUT2D eigenvalue weighted by molar-refractivity contribution is 6.37. The number of nitrogens with one attached hydrogen (secondary N) is 1. The molecule has 0 unspecified atom stereocenters. The monoisotopic (exact) mass is 385 g/mol. The van der Waals surface area contributed by atoms with Crippen molar-refractivity contribution in [2.75, 3.05) is 13.2 Å². The summed E-state index contributed by atoms with van der Waals surface area (Å²) in [7, 11) is 0. The third-order valence-corrected chi connectivity index (χ3v) is 3.13. The van der Waals surface area contributed by atoms with Gasteiger partial charge in [-0.25, -0.2) is 9.59 Å². The zero-order chi connectivity index (χ0) is 19.0. The summed E-state index contributed by atoms with van der Waals surface area (Å²) in [6.07, 6.45) is 1.16. The molecule has 1 aromatic carbocycles. The first-order valence-corrected chi connectivity index (χ1v) is 7.54. The number of carbonyl (C=O) groups is 3. The number of hydrogen-bond donors (Lipinski definition) is 2. The summed E-state index contributed by atoms with van der Waals surface area (Å²) < 4.78 is 9.92. The molecule has 0 heterocycles. The Morgan fingerprint density at radius 2 is 1.92 bits per heavy atom. The first kappa shape index (κ1) is 20.3. The number of benzene rings is 1. The number of carbonyl (C=O) groups excluding carboxylic acids is 3. The van der Waals surface area contributed by atoms with Gasteiger partial charge in [0.2, 0.25) is 0 Å². The maximum Gasteiger partial charge on any atom is 0.344 e. The van der Waals surface area contributed by atoms with E-state index in [9.17, 15) is 14.4 Å². The second kappa shape index (κ2) is 9.52. The molecule has 3 amide bonds. The van der Waals surface area contributed by atoms with Crippen LogP contribution < -0.4 is 15.8 Å². The van der Waals surface area contributed by atoms with Crippen LogP contribution in [0.5, 0.6) is 5.75 Å². The molecule has 1 aromatic rings. The van der Waals surface area contributed by atoms with E-state index in [1.54, 1.807) is 18.3 Å². The van der Waals surface area contributed by atoms with Crippen LogP contribution in [0, 0.1) is 11.3 Å². The molecule has 8 nitrogen and oxygen atoms in total. The van der Waals surface area contributed by atoms with Crippen LogP contribution in [0.1, 0.15) is 12.5 Å². The van der Waals surface area contributed by atoms with Crippen LogP contribution in [0.25, 0.3) is 6.08 Å². The summed E-state index contributed by atoms with van der Waals surface area (Å²) in [4.78, 5) is 33.6. The van der Waals surface area contributed by atoms with E-state index in [1.807, 2.05) is 0 Å². The zero-order valence-corrected chi connectivity index (χ0v) is 14.5. The maximum absolute atomic E-state index is 11.6. The summed E-state index contributed by atoms with van der Waals surface area (Å²) in [6.45, 7) is 1.48. The van der Waals surface area contributed by atoms with Crippen LogP contribution in [-0.4, -0.2) is 31.1 Å². The molecule has 0 saturated carbocycles. The Hall–Kier alpha value is -2.76. The van der Waals surface area contributed by atoms with Gasteiger partial charge < -0.3 is 15.2 Å². The molecule has 132 valence electrons. The summed E-state index contributed by atoms with van der Waals surface area (Å²) in [6, 6.07) is 3.26. The molecule has 0 atom stereocenters. The van der Waals surface area contributed by atoms with Crippen molar-refractivity contribution in [3.8, 4) is 11.8 Å². The van der Waals surface area contributed by atoms with E-state index in [0.29, 0.717) is 5.56 Å². The minimum atomic E-state index is -1.09. The number of nitrogens with two attached hydrogens (primary N) is 1. The fourth-order valence-corrected chi connectivity index (χ4v) is 2.24. The molecule has 0 fully saturated rings. The predicted molar refractivity (Wildman–Crippen MR) is 89.9 cm³/mol. The number of halogens is 2. The molecule has 0 saturated heterocycles. The molecular weight excluding hydrogens is 373 g/mol. The molecule has 0 radical (unpaired) electrons. The first-order chi connectivity index (χ1) is 11.8. The Kier molecular flexibility index (Phi) is 7.72. The van der Waals surface area contributed by atoms with Gasteiger partial charge in [-0.2, -0.15) is 5.26 Å². The van der Waals surface area contributed by atoms with Crippen molar-refractivity contribution in [1.82, 2.24) is 5.32 Å². The lowest BCUT2D eigenvalue weighted by Gasteiger charge is -2.10. The number of urea groups is 1. The van der Waals surface area contributed by atoms with E-state index in [-0.39, 0.29) is 34.6 Å². The van der Waals surface area contributed by atoms with Crippen molar-refractivity contribution < 1.29 is 23.9 Å². The Morgan fingerprint density at radius 1 is 1.32 bits per heavy atom. The van der Waals surface area contributed by atoms with Crippen molar-refractivity contribution in [3.05, 3.63) is 33.3 Å². The molecule has 0 bridgehead atoms. The molecule has 0 spiro atoms. The molecule has 0 aliphatic carbocycles. The summed E-state index contributed by atoms with van der Waals surface area (Å²) in [5.41, 5.74) is 4.74. The molecule has 0 aliphatic rings. The highest BCUT2D eigenvalue weighted by Crippen LogP contribution is 2.34. The Balaban J connectivity index is 3.03. The lowest BCUT2D eigenvalue weighted by Crippen LogP contribution is -2.35. The van der Waals surface area contributed by atoms with Gasteiger partial charge in [-0.15, -0.1) is 0 Å². The van der Waals surface area contributed by atoms with Crippen LogP contribution in [-0.2, 0) is 14.3 Å². The topological polar surface area (TPSA) is 132 Å². The van der Waals surface area contributed by atoms with Crippen molar-refractivity contribution in [3.63, 3.8) is 0 Å². The highest BCUT2D eigenvalue weighted by atomic mass is 35.5. The third kappa shape index (κ3) is 6.33. The van der Waals surface area contributed by atoms with Gasteiger partial charge >= 0.3 is 12.0 Å². The van der Waals surface area contributed by atoms with E-state index in [4.69, 9.17) is 43.7 Å². The van der Waals surface area contributed by atoms with Crippen molar-refractivity contribution >= 4 is 47.2 Å². The zero-order valence-electron chi connectivity index (χ0n) is 13.0. The Morgan fingerprint density at radius 3 is 2.40 bits per heavy atom. The number of nitriles is 1. The Labute approximate surface area is 153 Å². The summed E-state index contributed by atoms with van der Waals surface area (Å²) >= 11 is 12.1. The van der Waals surface area contributed by atoms with Gasteiger partial charge in [-0.3, -0.25) is 10.1 Å². The number of hydrogen-bond acceptors (Lipinski definition) is 6. The average Bonchev–Trinajstić information content (AvgIpc) is 2.51. The molecular formula is C15H13Cl2N3O5. The van der Waals surface area contributed by atoms with Gasteiger partial charge in [0, 0.05) is 0 Å². The number of nitrogens with zero attached hydrogens (tertiary/aromatic N) is 1. The van der Waals surface area contributed by atoms with Gasteiger partial charge in [0.1, 0.15) is 11.6 Å². The number of amides is 3. The van der Waals surface area contributed by atoms with Crippen molar-refractivity contribution in [2.24, 2.45) is 5.73 Å². The number of ether oxygens (including phenoxy) is 2. The molecule has 3 N–H and O–H groups in total. The van der Waals surface area contributed by atoms with Crippen LogP contribution in [0.2, 0.25) is 10.0 Å². The van der Waals surface area contributed by atoms with Gasteiger partial charge in [0.25, 0.3) is 5.91 Å². The van der Waals surface area contributed by atoms with E-state index in [1.165, 1.54) is 12.1 Å². The SMILES string of the molecule is CCOC(=O)COc1c(Cl)cc(/C=C(/C#N)C(=O)NC(N)=O)cc1Cl. The average molecular weight is 386 g/mol. The second-order valence-corrected chi connectivity index (χ2v) is 5.21. The largest absolute Gasteiger partial charge is 0.479 e. The Bertz CT molecular complexity index is 748. The standard InChI is InChI=1S/C15H13Cl2N3O5/c1-2-24-12(21)7-25-13-10(16)4-8(5-11(13)17)3-9(6-18)14(22)20-15(19)23/h3-5H,2,7H2,1H3,(H3,19,20,22,23)/b9-3-. The number of rotatable bonds is 6. The molecule has 0 aromatic heterocycles. The van der Waals surface area contributed by atoms with E-state index in [0.717, 1.165) is 6.08 Å². The van der Waals surface area contributed by atoms with Crippen molar-refractivity contribution in [1.29, 1.82) is 5.26 Å². The smallest absolute Gasteiger partial charge is 0.344 e. The minimum Gasteiger partial charge on any atom is -0.479 e. The summed E-state index contributed by atoms with van der Waals surface area (Å²) in [5.74, 6) is -1.51. The normalized spacial score (nSPS) is 10.6. The van der Waals surface area contributed by atoms with Gasteiger partial charge in [-0.05, 0) is 30.7 Å². The van der Waals surface area contributed by atoms with Crippen LogP contribution in [0.3, 0.4) is 0 Å². The van der Waals surface area contributed by atoms with E-state index < -0.39 is 17.9 Å². The number of esters is 1. The van der Waals surface area contributed by atoms with Crippen molar-refractivity contribution in [2.45, 2.75) is 6.92 Å². The predicted octanol–water partition coefficient (Wildman–Crippen LogP) is 2.04. The first-order valence-electron chi connectivity index (χ1n) is 6.78. The third-order valence-electron chi connectivity index (χ3n) is 2.57. The van der Waals surface area contributed by atoms with Gasteiger partial charge in [0.15, 0.2) is 12.4 Å². The maximum atomic E-state index is 11.6. The molecule has 0 aliphatic heterocycles. The van der Waals surface area contributed by atoms with Gasteiger partial charge in [0.05, 0.1) is 16.7 Å². The second-order valence-electron chi connectivity index (χ2n) is 4.40. The fraction of sp³-hybridized carbons (Fsp3) is 0.200. The van der Waals surface area contributed by atoms with Gasteiger partial charge in [-0.1, -0.05) is 23.2 Å². The molecule has 1 rings (SSSR count). The van der Waals surface area contributed by atoms with Crippen LogP contribution >= 0.6 is 23.2 Å². The van der Waals surface area contributed by atoms with E-state index >= 15 is 0 Å². The number of imide groups is 1. The quantitative estimate of drug-likeness (QED) is 0.437. The highest BCUT2D eigenvalue weighted by Gasteiger charge is 2.14. The fourth-order valence-electron chi connectivity index (χ4n) is 1.63. The lowest BCUT2D eigenvalue weighted by molar-refractivity contribution is -0.145. The minimum absolute atomic E-state index is 0.0497.